The smallest absolute Gasteiger partial charge is 0.438 e. The van der Waals surface area contributed by atoms with E-state index < -0.39 is 17.3 Å². The van der Waals surface area contributed by atoms with Crippen molar-refractivity contribution in [2.75, 3.05) is 44.9 Å². The van der Waals surface area contributed by atoms with Gasteiger partial charge < -0.3 is 23.8 Å². The molecule has 0 unspecified atom stereocenters. The van der Waals surface area contributed by atoms with Crippen molar-refractivity contribution in [1.82, 2.24) is 34.1 Å². The highest BCUT2D eigenvalue weighted by atomic mass is 19.1. The third-order valence-electron chi connectivity index (χ3n) is 13.7. The quantitative estimate of drug-likeness (QED) is 0.171. The second kappa shape index (κ2) is 15.4. The molecule has 3 aliphatic heterocycles. The Morgan fingerprint density at radius 2 is 1.70 bits per heavy atom. The van der Waals surface area contributed by atoms with E-state index in [0.717, 1.165) is 29.3 Å². The number of benzene rings is 3. The third kappa shape index (κ3) is 6.64. The van der Waals surface area contributed by atoms with Gasteiger partial charge >= 0.3 is 11.8 Å². The Labute approximate surface area is 362 Å². The number of anilines is 1. The van der Waals surface area contributed by atoms with Crippen LogP contribution in [0.15, 0.2) is 74.8 Å². The Morgan fingerprint density at radius 1 is 0.968 bits per heavy atom. The molecule has 3 aromatic carbocycles. The van der Waals surface area contributed by atoms with E-state index in [1.165, 1.54) is 15.0 Å². The molecule has 326 valence electrons. The lowest BCUT2D eigenvalue weighted by Gasteiger charge is -2.36. The number of aromatic amines is 1. The number of rotatable bonds is 9. The van der Waals surface area contributed by atoms with E-state index >= 15 is 9.18 Å². The van der Waals surface area contributed by atoms with Crippen LogP contribution < -0.4 is 21.0 Å². The number of methoxy groups -OCH3 is 1. The maximum Gasteiger partial charge on any atom is 0.438 e. The fourth-order valence-electron chi connectivity index (χ4n) is 10.1. The Morgan fingerprint density at radius 3 is 2.37 bits per heavy atom. The van der Waals surface area contributed by atoms with Crippen LogP contribution in [0.2, 0.25) is 0 Å². The van der Waals surface area contributed by atoms with Crippen LogP contribution in [0.25, 0.3) is 16.6 Å². The zero-order valence-electron chi connectivity index (χ0n) is 35.9. The number of aryl methyl sites for hydroxylation is 2. The maximum absolute atomic E-state index is 15.3. The zero-order valence-corrected chi connectivity index (χ0v) is 35.9. The van der Waals surface area contributed by atoms with Gasteiger partial charge in [-0.3, -0.25) is 24.0 Å². The molecule has 63 heavy (non-hydrogen) atoms. The molecular formula is C47H49FN8O7. The van der Waals surface area contributed by atoms with Crippen LogP contribution in [0.5, 0.6) is 5.75 Å². The molecule has 1 aliphatic carbocycles. The van der Waals surface area contributed by atoms with E-state index in [-0.39, 0.29) is 54.7 Å². The molecule has 3 aromatic heterocycles. The van der Waals surface area contributed by atoms with Crippen molar-refractivity contribution in [3.8, 4) is 11.4 Å². The van der Waals surface area contributed by atoms with Crippen LogP contribution in [0.3, 0.4) is 0 Å². The number of fused-ring (bicyclic) bond motifs is 2. The monoisotopic (exact) mass is 856 g/mol. The topological polar surface area (TPSA) is 161 Å². The summed E-state index contributed by atoms with van der Waals surface area (Å²) in [5.41, 5.74) is 4.02. The van der Waals surface area contributed by atoms with Crippen molar-refractivity contribution < 1.29 is 28.0 Å². The van der Waals surface area contributed by atoms with Crippen molar-refractivity contribution in [2.45, 2.75) is 77.4 Å². The van der Waals surface area contributed by atoms with Crippen LogP contribution >= 0.6 is 0 Å². The third-order valence-corrected chi connectivity index (χ3v) is 13.7. The largest absolute Gasteiger partial charge is 0.497 e. The number of carbonyl (C=O) groups is 2. The van der Waals surface area contributed by atoms with Crippen molar-refractivity contribution in [3.63, 3.8) is 0 Å². The highest BCUT2D eigenvalue weighted by Gasteiger charge is 2.59. The van der Waals surface area contributed by atoms with E-state index in [0.29, 0.717) is 84.0 Å². The Bertz CT molecular complexity index is 2910. The van der Waals surface area contributed by atoms with Crippen molar-refractivity contribution in [1.29, 1.82) is 0 Å². The molecule has 3 amide bonds. The highest BCUT2D eigenvalue weighted by Crippen LogP contribution is 2.56. The van der Waals surface area contributed by atoms with Gasteiger partial charge in [-0.15, -0.1) is 0 Å². The number of urea groups is 1. The summed E-state index contributed by atoms with van der Waals surface area (Å²) in [6.45, 7) is 9.74. The lowest BCUT2D eigenvalue weighted by atomic mass is 9.91. The van der Waals surface area contributed by atoms with Gasteiger partial charge in [-0.1, -0.05) is 30.3 Å². The first-order valence-corrected chi connectivity index (χ1v) is 21.6. The van der Waals surface area contributed by atoms with E-state index in [2.05, 4.69) is 35.3 Å². The van der Waals surface area contributed by atoms with Crippen LogP contribution in [0, 0.1) is 25.6 Å². The van der Waals surface area contributed by atoms with Crippen molar-refractivity contribution in [3.05, 3.63) is 132 Å². The van der Waals surface area contributed by atoms with Gasteiger partial charge in [0.05, 0.1) is 24.5 Å². The first-order valence-electron chi connectivity index (χ1n) is 21.6. The predicted octanol–water partition coefficient (Wildman–Crippen LogP) is 6.51. The number of aromatic nitrogens is 5. The SMILES string of the molecule is COc1ccc(CN2CCN(c3nc4c(c(=O)n3-c3cc(C)c(F)c(C)c3)CCN(C(=O)c3cc5cc(C6CCOCC6)ccc5n3[C@]3(c5noc(=O)[nH]5)C[C@@H]3C)[C@@H]4C)C2=O)cc1. The number of halogens is 1. The lowest BCUT2D eigenvalue weighted by Crippen LogP contribution is -2.45. The van der Waals surface area contributed by atoms with Gasteiger partial charge in [-0.05, 0) is 123 Å². The van der Waals surface area contributed by atoms with Crippen molar-refractivity contribution >= 4 is 28.8 Å². The van der Waals surface area contributed by atoms with Gasteiger partial charge in [-0.2, -0.15) is 0 Å². The number of amides is 3. The van der Waals surface area contributed by atoms with Crippen LogP contribution in [-0.2, 0) is 23.2 Å². The second-order valence-corrected chi connectivity index (χ2v) is 17.5. The second-order valence-electron chi connectivity index (χ2n) is 17.5. The minimum Gasteiger partial charge on any atom is -0.497 e. The summed E-state index contributed by atoms with van der Waals surface area (Å²) in [7, 11) is 1.60. The molecule has 4 aliphatic rings. The maximum atomic E-state index is 15.3. The molecule has 0 bridgehead atoms. The fraction of sp³-hybridized carbons (Fsp3) is 0.404. The van der Waals surface area contributed by atoms with Crippen LogP contribution in [0.1, 0.15) is 94.9 Å². The van der Waals surface area contributed by atoms with Crippen LogP contribution in [0.4, 0.5) is 15.1 Å². The number of ether oxygens (including phenoxy) is 2. The minimum absolute atomic E-state index is 0.0128. The Balaban J connectivity index is 1.06. The summed E-state index contributed by atoms with van der Waals surface area (Å²) in [4.78, 5) is 69.7. The van der Waals surface area contributed by atoms with Gasteiger partial charge in [0.1, 0.15) is 22.8 Å². The molecule has 0 spiro atoms. The van der Waals surface area contributed by atoms with Gasteiger partial charge in [0.2, 0.25) is 5.95 Å². The molecule has 1 N–H and O–H groups in total. The average Bonchev–Trinajstić information content (AvgIpc) is 3.58. The molecule has 1 saturated carbocycles. The van der Waals surface area contributed by atoms with E-state index in [9.17, 15) is 14.4 Å². The number of H-pyrrole nitrogens is 1. The first-order chi connectivity index (χ1) is 30.4. The number of hydrogen-bond donors (Lipinski definition) is 1. The predicted molar refractivity (Wildman–Crippen MR) is 231 cm³/mol. The standard InChI is InChI=1S/C47H49FN8O7/c1-26-20-34(21-27(2)39(26)48)55-41(57)36-12-15-53(29(4)40(36)49-44(55)54-17-16-52(46(54)60)25-30-6-9-35(61-5)10-7-30)42(58)38-23-33-22-32(31-13-18-62-19-14-31)8-11-37(33)56(38)47(24-28(47)3)43-50-45(59)63-51-43/h6-11,20-23,28-29,31H,12-19,24-25H2,1-5H3,(H,50,51,59)/t28-,29+,47+/m0/s1. The summed E-state index contributed by atoms with van der Waals surface area (Å²) in [6.07, 6.45) is 2.63. The molecule has 10 rings (SSSR count). The summed E-state index contributed by atoms with van der Waals surface area (Å²) >= 11 is 0. The lowest BCUT2D eigenvalue weighted by molar-refractivity contribution is 0.0658. The molecule has 6 heterocycles. The Hall–Kier alpha value is -6.55. The molecule has 2 saturated heterocycles. The molecule has 3 fully saturated rings. The van der Waals surface area contributed by atoms with E-state index in [1.807, 2.05) is 41.8 Å². The fourth-order valence-corrected chi connectivity index (χ4v) is 10.1. The van der Waals surface area contributed by atoms with E-state index in [4.69, 9.17) is 19.0 Å². The summed E-state index contributed by atoms with van der Waals surface area (Å²) in [5.74, 6) is 0.175. The molecular weight excluding hydrogens is 808 g/mol. The number of carbonyl (C=O) groups excluding carboxylic acids is 2. The molecule has 6 aromatic rings. The Kier molecular flexibility index (Phi) is 9.88. The number of nitrogens with zero attached hydrogens (tertiary/aromatic N) is 7. The first kappa shape index (κ1) is 40.5. The van der Waals surface area contributed by atoms with Gasteiger partial charge in [-0.25, -0.2) is 23.5 Å². The molecule has 15 nitrogen and oxygen atoms in total. The van der Waals surface area contributed by atoms with Crippen molar-refractivity contribution in [2.24, 2.45) is 5.92 Å². The number of nitrogens with one attached hydrogen (secondary N) is 1. The summed E-state index contributed by atoms with van der Waals surface area (Å²) in [5, 5.41) is 5.03. The highest BCUT2D eigenvalue weighted by molar-refractivity contribution is 6.00. The molecule has 0 radical (unpaired) electrons. The zero-order chi connectivity index (χ0) is 43.9. The molecule has 16 heteroatoms. The summed E-state index contributed by atoms with van der Waals surface area (Å²) < 4.78 is 34.4. The average molecular weight is 857 g/mol. The number of hydrogen-bond acceptors (Lipinski definition) is 9. The molecule has 3 atom stereocenters. The van der Waals surface area contributed by atoms with Gasteiger partial charge in [0, 0.05) is 55.9 Å². The minimum atomic E-state index is -0.839. The normalized spacial score (nSPS) is 21.4. The van der Waals surface area contributed by atoms with Crippen LogP contribution in [-0.4, -0.2) is 86.0 Å². The summed E-state index contributed by atoms with van der Waals surface area (Å²) in [6, 6.07) is 17.9. The van der Waals surface area contributed by atoms with Gasteiger partial charge in [0.15, 0.2) is 5.82 Å². The van der Waals surface area contributed by atoms with E-state index in [1.54, 1.807) is 42.9 Å². The van der Waals surface area contributed by atoms with Gasteiger partial charge in [0.25, 0.3) is 11.5 Å².